The molecule has 0 unspecified atom stereocenters. The van der Waals surface area contributed by atoms with Crippen LogP contribution in [0.4, 0.5) is 0 Å². The van der Waals surface area contributed by atoms with Gasteiger partial charge in [-0.05, 0) is 47.9 Å². The van der Waals surface area contributed by atoms with Crippen molar-refractivity contribution in [3.63, 3.8) is 0 Å². The van der Waals surface area contributed by atoms with Crippen LogP contribution in [0.1, 0.15) is 82.5 Å². The van der Waals surface area contributed by atoms with E-state index in [1.807, 2.05) is 65.8 Å². The van der Waals surface area contributed by atoms with Crippen LogP contribution in [0.5, 0.6) is 11.5 Å². The van der Waals surface area contributed by atoms with Crippen LogP contribution >= 0.6 is 0 Å². The first-order valence-corrected chi connectivity index (χ1v) is 8.93. The quantitative estimate of drug-likeness (QED) is 0.543. The number of aryl methyl sites for hydroxylation is 2. The van der Waals surface area contributed by atoms with Gasteiger partial charge in [0.1, 0.15) is 22.6 Å². The lowest BCUT2D eigenvalue weighted by atomic mass is 9.93. The van der Waals surface area contributed by atoms with E-state index in [2.05, 4.69) is 0 Å². The molecule has 0 radical (unpaired) electrons. The van der Waals surface area contributed by atoms with Gasteiger partial charge in [-0.1, -0.05) is 52.0 Å². The maximum atomic E-state index is 13.0. The number of hydrogen-bond acceptors (Lipinski definition) is 4. The Morgan fingerprint density at radius 1 is 0.654 bits per heavy atom. The minimum absolute atomic E-state index is 0.104. The zero-order valence-corrected chi connectivity index (χ0v) is 16.1. The Balaban J connectivity index is 2.28. The van der Waals surface area contributed by atoms with Crippen molar-refractivity contribution in [2.24, 2.45) is 0 Å². The highest BCUT2D eigenvalue weighted by molar-refractivity contribution is 6.04. The van der Waals surface area contributed by atoms with E-state index in [1.54, 1.807) is 0 Å². The van der Waals surface area contributed by atoms with E-state index in [0.29, 0.717) is 22.6 Å². The third-order valence-electron chi connectivity index (χ3n) is 4.83. The molecule has 0 saturated heterocycles. The van der Waals surface area contributed by atoms with Gasteiger partial charge in [0.15, 0.2) is 0 Å². The summed E-state index contributed by atoms with van der Waals surface area (Å²) in [6.45, 7) is 11.6. The summed E-state index contributed by atoms with van der Waals surface area (Å²) in [4.78, 5) is 26.0. The summed E-state index contributed by atoms with van der Waals surface area (Å²) in [6, 6.07) is 7.54. The fourth-order valence-corrected chi connectivity index (χ4v) is 3.32. The Morgan fingerprint density at radius 3 is 1.31 bits per heavy atom. The van der Waals surface area contributed by atoms with Crippen LogP contribution < -0.4 is 9.47 Å². The fraction of sp³-hybridized carbons (Fsp3) is 0.364. The maximum absolute atomic E-state index is 13.0. The summed E-state index contributed by atoms with van der Waals surface area (Å²) in [5, 5.41) is 0. The van der Waals surface area contributed by atoms with Crippen molar-refractivity contribution in [2.75, 3.05) is 0 Å². The average molecular weight is 352 g/mol. The van der Waals surface area contributed by atoms with Gasteiger partial charge in [-0.3, -0.25) is 0 Å². The van der Waals surface area contributed by atoms with Gasteiger partial charge in [0, 0.05) is 0 Å². The number of benzene rings is 2. The molecule has 4 heteroatoms. The Bertz CT molecular complexity index is 831. The highest BCUT2D eigenvalue weighted by Crippen LogP contribution is 2.39. The largest absolute Gasteiger partial charge is 0.422 e. The molecule has 0 N–H and O–H groups in total. The Kier molecular flexibility index (Phi) is 4.61. The molecule has 0 fully saturated rings. The van der Waals surface area contributed by atoms with Crippen molar-refractivity contribution in [3.05, 3.63) is 57.6 Å². The Hall–Kier alpha value is -2.62. The molecule has 3 rings (SSSR count). The maximum Gasteiger partial charge on any atom is 0.347 e. The molecule has 0 spiro atoms. The van der Waals surface area contributed by atoms with Crippen molar-refractivity contribution in [1.29, 1.82) is 0 Å². The second-order valence-electron chi connectivity index (χ2n) is 7.44. The van der Waals surface area contributed by atoms with Crippen LogP contribution in [-0.2, 0) is 0 Å². The molecule has 136 valence electrons. The van der Waals surface area contributed by atoms with E-state index in [1.165, 1.54) is 0 Å². The first kappa shape index (κ1) is 18.2. The lowest BCUT2D eigenvalue weighted by Gasteiger charge is -2.24. The zero-order valence-electron chi connectivity index (χ0n) is 16.1. The SMILES string of the molecule is Cc1ccc(C(C)C)c2c1C(=O)Oc1c(C(C)C)ccc(C)c1C(=O)O2. The third kappa shape index (κ3) is 2.90. The van der Waals surface area contributed by atoms with Gasteiger partial charge in [0.25, 0.3) is 0 Å². The van der Waals surface area contributed by atoms with Gasteiger partial charge < -0.3 is 9.47 Å². The Morgan fingerprint density at radius 2 is 1.00 bits per heavy atom. The topological polar surface area (TPSA) is 52.6 Å². The average Bonchev–Trinajstić information content (AvgIpc) is 2.53. The van der Waals surface area contributed by atoms with Crippen molar-refractivity contribution < 1.29 is 19.1 Å². The molecule has 0 amide bonds. The van der Waals surface area contributed by atoms with Crippen LogP contribution in [0.3, 0.4) is 0 Å². The summed E-state index contributed by atoms with van der Waals surface area (Å²) in [5.41, 5.74) is 3.74. The lowest BCUT2D eigenvalue weighted by Crippen LogP contribution is -2.24. The molecule has 2 aromatic rings. The van der Waals surface area contributed by atoms with Crippen molar-refractivity contribution in [1.82, 2.24) is 0 Å². The molecule has 0 aliphatic carbocycles. The number of hydrogen-bond donors (Lipinski definition) is 0. The highest BCUT2D eigenvalue weighted by Gasteiger charge is 2.32. The normalized spacial score (nSPS) is 13.7. The fourth-order valence-electron chi connectivity index (χ4n) is 3.32. The summed E-state index contributed by atoms with van der Waals surface area (Å²) in [6.07, 6.45) is 0. The first-order chi connectivity index (χ1) is 12.2. The van der Waals surface area contributed by atoms with Crippen LogP contribution in [0, 0.1) is 13.8 Å². The predicted octanol–water partition coefficient (Wildman–Crippen LogP) is 5.30. The van der Waals surface area contributed by atoms with Gasteiger partial charge in [0.05, 0.1) is 0 Å². The molecule has 0 saturated carbocycles. The van der Waals surface area contributed by atoms with Gasteiger partial charge >= 0.3 is 11.9 Å². The minimum atomic E-state index is -0.485. The van der Waals surface area contributed by atoms with Crippen LogP contribution in [0.15, 0.2) is 24.3 Å². The summed E-state index contributed by atoms with van der Waals surface area (Å²) in [5.74, 6) is -0.133. The summed E-state index contributed by atoms with van der Waals surface area (Å²) >= 11 is 0. The zero-order chi connectivity index (χ0) is 19.2. The number of ether oxygens (including phenoxy) is 2. The van der Waals surface area contributed by atoms with Crippen molar-refractivity contribution in [3.8, 4) is 11.5 Å². The van der Waals surface area contributed by atoms with Gasteiger partial charge in [-0.25, -0.2) is 9.59 Å². The molecular formula is C22H24O4. The number of rotatable bonds is 2. The molecule has 4 nitrogen and oxygen atoms in total. The first-order valence-electron chi connectivity index (χ1n) is 8.93. The highest BCUT2D eigenvalue weighted by atomic mass is 16.6. The second-order valence-corrected chi connectivity index (χ2v) is 7.44. The number of fused-ring (bicyclic) bond motifs is 2. The number of carbonyl (C=O) groups is 2. The molecule has 26 heavy (non-hydrogen) atoms. The van der Waals surface area contributed by atoms with E-state index in [9.17, 15) is 9.59 Å². The van der Waals surface area contributed by atoms with E-state index in [-0.39, 0.29) is 11.8 Å². The molecule has 1 aliphatic heterocycles. The summed E-state index contributed by atoms with van der Waals surface area (Å²) in [7, 11) is 0. The monoisotopic (exact) mass is 352 g/mol. The van der Waals surface area contributed by atoms with E-state index >= 15 is 0 Å². The molecule has 0 atom stereocenters. The molecular weight excluding hydrogens is 328 g/mol. The number of esters is 2. The van der Waals surface area contributed by atoms with E-state index < -0.39 is 11.9 Å². The molecule has 0 bridgehead atoms. The van der Waals surface area contributed by atoms with Crippen molar-refractivity contribution >= 4 is 11.9 Å². The van der Waals surface area contributed by atoms with Crippen LogP contribution in [0.2, 0.25) is 0 Å². The summed E-state index contributed by atoms with van der Waals surface area (Å²) < 4.78 is 11.6. The van der Waals surface area contributed by atoms with Gasteiger partial charge in [0.2, 0.25) is 0 Å². The standard InChI is InChI=1S/C22H24O4/c1-11(2)15-9-7-13(5)17-19(15)25-22(24)18-14(6)8-10-16(12(3)4)20(18)26-21(17)23/h7-12H,1-6H3. The number of carbonyl (C=O) groups excluding carboxylic acids is 2. The molecule has 1 aliphatic rings. The minimum Gasteiger partial charge on any atom is -0.422 e. The molecule has 0 aromatic heterocycles. The molecule has 1 heterocycles. The van der Waals surface area contributed by atoms with Crippen LogP contribution in [-0.4, -0.2) is 11.9 Å². The van der Waals surface area contributed by atoms with Gasteiger partial charge in [-0.15, -0.1) is 0 Å². The molecule has 2 aromatic carbocycles. The second kappa shape index (κ2) is 6.60. The van der Waals surface area contributed by atoms with E-state index in [4.69, 9.17) is 9.47 Å². The van der Waals surface area contributed by atoms with Gasteiger partial charge in [-0.2, -0.15) is 0 Å². The van der Waals surface area contributed by atoms with E-state index in [0.717, 1.165) is 22.3 Å². The van der Waals surface area contributed by atoms with Crippen molar-refractivity contribution in [2.45, 2.75) is 53.4 Å². The Labute approximate surface area is 154 Å². The van der Waals surface area contributed by atoms with Crippen LogP contribution in [0.25, 0.3) is 0 Å². The predicted molar refractivity (Wildman–Crippen MR) is 100 cm³/mol. The third-order valence-corrected chi connectivity index (χ3v) is 4.83. The smallest absolute Gasteiger partial charge is 0.347 e. The lowest BCUT2D eigenvalue weighted by molar-refractivity contribution is 0.0664.